The molecule has 1 fully saturated rings. The Morgan fingerprint density at radius 2 is 1.80 bits per heavy atom. The van der Waals surface area contributed by atoms with Crippen LogP contribution in [0.15, 0.2) is 0 Å². The molecule has 0 aromatic rings. The molecule has 1 rings (SSSR count). The van der Waals surface area contributed by atoms with Gasteiger partial charge in [-0.2, -0.15) is 0 Å². The minimum Gasteiger partial charge on any atom is -0.352 e. The highest BCUT2D eigenvalue weighted by molar-refractivity contribution is 14.1. The molecule has 0 unspecified atom stereocenters. The number of nitrogens with one attached hydrogen (secondary N) is 3. The number of amides is 1. The summed E-state index contributed by atoms with van der Waals surface area (Å²) in [5.41, 5.74) is 0. The fourth-order valence-corrected chi connectivity index (χ4v) is 2.43. The van der Waals surface area contributed by atoms with Crippen LogP contribution in [0.1, 0.15) is 32.6 Å². The van der Waals surface area contributed by atoms with Crippen LogP contribution in [0.3, 0.4) is 0 Å². The van der Waals surface area contributed by atoms with Crippen LogP contribution in [0, 0.1) is 0 Å². The van der Waals surface area contributed by atoms with Gasteiger partial charge in [-0.1, -0.05) is 0 Å². The molecule has 88 valence electrons. The average Bonchev–Trinajstić information content (AvgIpc) is 2.29. The molecule has 0 radical (unpaired) electrons. The molecule has 1 amide bonds. The number of carbonyl (C=O) groups is 1. The van der Waals surface area contributed by atoms with Crippen LogP contribution >= 0.6 is 22.9 Å². The van der Waals surface area contributed by atoms with Crippen molar-refractivity contribution in [3.05, 3.63) is 0 Å². The van der Waals surface area contributed by atoms with Crippen molar-refractivity contribution in [2.24, 2.45) is 0 Å². The Kier molecular flexibility index (Phi) is 5.84. The van der Waals surface area contributed by atoms with E-state index in [4.69, 9.17) is 0 Å². The van der Waals surface area contributed by atoms with Crippen molar-refractivity contribution in [1.82, 2.24) is 14.2 Å². The molecule has 1 aliphatic rings. The van der Waals surface area contributed by atoms with Crippen molar-refractivity contribution in [1.29, 1.82) is 0 Å². The van der Waals surface area contributed by atoms with Crippen LogP contribution < -0.4 is 14.2 Å². The fourth-order valence-electron chi connectivity index (χ4n) is 1.80. The Labute approximate surface area is 105 Å². The van der Waals surface area contributed by atoms with Gasteiger partial charge in [0.2, 0.25) is 5.91 Å². The molecule has 4 nitrogen and oxygen atoms in total. The summed E-state index contributed by atoms with van der Waals surface area (Å²) in [5.74, 6) is 0.114. The van der Waals surface area contributed by atoms with Gasteiger partial charge in [0.15, 0.2) is 0 Å². The van der Waals surface area contributed by atoms with E-state index in [-0.39, 0.29) is 11.9 Å². The Bertz CT molecular complexity index is 205. The van der Waals surface area contributed by atoms with Gasteiger partial charge in [-0.15, -0.1) is 0 Å². The summed E-state index contributed by atoms with van der Waals surface area (Å²) in [4.78, 5) is 11.6. The Balaban J connectivity index is 2.26. The first-order chi connectivity index (χ1) is 7.17. The second-order valence-electron chi connectivity index (χ2n) is 4.18. The van der Waals surface area contributed by atoms with E-state index in [9.17, 15) is 4.79 Å². The van der Waals surface area contributed by atoms with Gasteiger partial charge in [0.1, 0.15) is 0 Å². The summed E-state index contributed by atoms with van der Waals surface area (Å²) >= 11 is 2.21. The Hall–Kier alpha value is 0.120. The van der Waals surface area contributed by atoms with Crippen molar-refractivity contribution in [3.63, 3.8) is 0 Å². The van der Waals surface area contributed by atoms with Crippen LogP contribution in [-0.4, -0.2) is 31.1 Å². The van der Waals surface area contributed by atoms with Crippen LogP contribution in [0.5, 0.6) is 0 Å². The van der Waals surface area contributed by atoms with E-state index in [1.54, 1.807) is 7.05 Å². The number of carbonyl (C=O) groups excluding carboxylic acids is 1. The summed E-state index contributed by atoms with van der Waals surface area (Å²) < 4.78 is 3.26. The van der Waals surface area contributed by atoms with Gasteiger partial charge in [-0.05, 0) is 39.7 Å². The minimum absolute atomic E-state index is 0.0922. The highest BCUT2D eigenvalue weighted by Gasteiger charge is 2.22. The Morgan fingerprint density at radius 3 is 2.27 bits per heavy atom. The van der Waals surface area contributed by atoms with Crippen molar-refractivity contribution in [2.75, 3.05) is 7.05 Å². The lowest BCUT2D eigenvalue weighted by atomic mass is 9.91. The van der Waals surface area contributed by atoms with E-state index in [0.717, 1.165) is 25.7 Å². The number of likely N-dealkylation sites (N-methyl/N-ethyl adjacent to an activating group) is 1. The maximum atomic E-state index is 11.6. The molecule has 3 N–H and O–H groups in total. The third kappa shape index (κ3) is 4.24. The molecule has 15 heavy (non-hydrogen) atoms. The summed E-state index contributed by atoms with van der Waals surface area (Å²) in [6.45, 7) is 1.88. The van der Waals surface area contributed by atoms with Gasteiger partial charge in [0.05, 0.1) is 6.04 Å². The van der Waals surface area contributed by atoms with Crippen molar-refractivity contribution in [3.8, 4) is 0 Å². The van der Waals surface area contributed by atoms with E-state index in [2.05, 4.69) is 37.0 Å². The first kappa shape index (κ1) is 13.2. The van der Waals surface area contributed by atoms with Crippen molar-refractivity contribution in [2.45, 2.75) is 50.7 Å². The molecule has 0 aromatic heterocycles. The lowest BCUT2D eigenvalue weighted by Crippen LogP contribution is -2.47. The number of hydrogen-bond acceptors (Lipinski definition) is 3. The molecule has 1 atom stereocenters. The van der Waals surface area contributed by atoms with E-state index in [1.807, 2.05) is 6.92 Å². The molecule has 1 saturated carbocycles. The smallest absolute Gasteiger partial charge is 0.237 e. The fraction of sp³-hybridized carbons (Fsp3) is 0.900. The van der Waals surface area contributed by atoms with Crippen LogP contribution in [0.4, 0.5) is 0 Å². The molecule has 0 saturated heterocycles. The van der Waals surface area contributed by atoms with Crippen molar-refractivity contribution >= 4 is 28.8 Å². The second kappa shape index (κ2) is 6.65. The third-order valence-electron chi connectivity index (χ3n) is 3.05. The third-order valence-corrected chi connectivity index (χ3v) is 3.93. The zero-order valence-corrected chi connectivity index (χ0v) is 11.5. The maximum absolute atomic E-state index is 11.6. The van der Waals surface area contributed by atoms with Gasteiger partial charge in [0.25, 0.3) is 0 Å². The zero-order valence-electron chi connectivity index (χ0n) is 9.35. The molecule has 5 heteroatoms. The molecule has 0 bridgehead atoms. The highest BCUT2D eigenvalue weighted by atomic mass is 127. The van der Waals surface area contributed by atoms with Crippen LogP contribution in [0.25, 0.3) is 0 Å². The molecule has 0 aliphatic heterocycles. The number of hydrogen-bond donors (Lipinski definition) is 3. The van der Waals surface area contributed by atoms with Gasteiger partial charge in [-0.3, -0.25) is 8.32 Å². The molecule has 0 aromatic carbocycles. The molecule has 0 heterocycles. The number of rotatable bonds is 4. The Morgan fingerprint density at radius 1 is 1.27 bits per heavy atom. The van der Waals surface area contributed by atoms with Gasteiger partial charge in [0, 0.05) is 34.9 Å². The standard InChI is InChI=1S/C10H20IN3O/c1-7(12-2)10(15)13-8-3-5-9(14-11)6-4-8/h7-9,12,14H,3-6H2,1-2H3,(H,13,15)/t7-,8-,9-/m1/s1. The number of halogens is 1. The van der Waals surface area contributed by atoms with E-state index >= 15 is 0 Å². The van der Waals surface area contributed by atoms with Crippen molar-refractivity contribution < 1.29 is 4.79 Å². The van der Waals surface area contributed by atoms with Crippen LogP contribution in [-0.2, 0) is 4.79 Å². The lowest BCUT2D eigenvalue weighted by molar-refractivity contribution is -0.123. The minimum atomic E-state index is -0.0922. The molecular weight excluding hydrogens is 305 g/mol. The summed E-state index contributed by atoms with van der Waals surface area (Å²) in [6, 6.07) is 0.903. The van der Waals surface area contributed by atoms with E-state index < -0.39 is 0 Å². The first-order valence-corrected chi connectivity index (χ1v) is 6.59. The topological polar surface area (TPSA) is 53.2 Å². The summed E-state index contributed by atoms with van der Waals surface area (Å²) in [7, 11) is 1.81. The molecule has 0 spiro atoms. The predicted octanol–water partition coefficient (Wildman–Crippen LogP) is 0.961. The summed E-state index contributed by atoms with van der Waals surface area (Å²) in [5, 5.41) is 6.03. The highest BCUT2D eigenvalue weighted by Crippen LogP contribution is 2.19. The molecular formula is C10H20IN3O. The summed E-state index contributed by atoms with van der Waals surface area (Å²) in [6.07, 6.45) is 4.48. The first-order valence-electron chi connectivity index (χ1n) is 5.51. The van der Waals surface area contributed by atoms with Gasteiger partial charge < -0.3 is 10.6 Å². The SMILES string of the molecule is CN[C@H](C)C(=O)N[C@H]1CC[C@H](NI)CC1. The van der Waals surface area contributed by atoms with Gasteiger partial charge >= 0.3 is 0 Å². The maximum Gasteiger partial charge on any atom is 0.237 e. The van der Waals surface area contributed by atoms with E-state index in [0.29, 0.717) is 12.1 Å². The van der Waals surface area contributed by atoms with Crippen LogP contribution in [0.2, 0.25) is 0 Å². The molecule has 1 aliphatic carbocycles. The lowest BCUT2D eigenvalue weighted by Gasteiger charge is -2.29. The average molecular weight is 325 g/mol. The van der Waals surface area contributed by atoms with Gasteiger partial charge in [-0.25, -0.2) is 0 Å². The van der Waals surface area contributed by atoms with E-state index in [1.165, 1.54) is 0 Å². The normalized spacial score (nSPS) is 28.5. The predicted molar refractivity (Wildman–Crippen MR) is 69.9 cm³/mol. The largest absolute Gasteiger partial charge is 0.352 e. The zero-order chi connectivity index (χ0) is 11.3. The quantitative estimate of drug-likeness (QED) is 0.533. The monoisotopic (exact) mass is 325 g/mol. The second-order valence-corrected chi connectivity index (χ2v) is 4.80.